The van der Waals surface area contributed by atoms with Gasteiger partial charge in [-0.25, -0.2) is 0 Å². The molecule has 19 heavy (non-hydrogen) atoms. The average molecular weight is 258 g/mol. The molecule has 2 atom stereocenters. The Morgan fingerprint density at radius 1 is 1.26 bits per heavy atom. The molecule has 0 aromatic heterocycles. The first-order valence-corrected chi connectivity index (χ1v) is 7.16. The van der Waals surface area contributed by atoms with Gasteiger partial charge in [0, 0.05) is 18.2 Å². The molecule has 0 heterocycles. The van der Waals surface area contributed by atoms with E-state index >= 15 is 0 Å². The summed E-state index contributed by atoms with van der Waals surface area (Å²) in [6.07, 6.45) is 3.57. The molecular formula is C16H22N2O. The molecule has 1 amide bonds. The number of rotatable bonds is 4. The molecule has 2 saturated carbocycles. The van der Waals surface area contributed by atoms with E-state index in [1.165, 1.54) is 12.0 Å². The molecule has 0 saturated heterocycles. The highest BCUT2D eigenvalue weighted by Crippen LogP contribution is 2.54. The van der Waals surface area contributed by atoms with E-state index in [9.17, 15) is 4.79 Å². The third-order valence-corrected chi connectivity index (χ3v) is 4.31. The smallest absolute Gasteiger partial charge is 0.227 e. The number of nitrogens with zero attached hydrogens (tertiary/aromatic N) is 1. The van der Waals surface area contributed by atoms with E-state index in [0.717, 1.165) is 36.9 Å². The van der Waals surface area contributed by atoms with E-state index < -0.39 is 0 Å². The maximum atomic E-state index is 12.2. The van der Waals surface area contributed by atoms with E-state index in [-0.39, 0.29) is 11.8 Å². The van der Waals surface area contributed by atoms with Crippen molar-refractivity contribution in [1.82, 2.24) is 4.90 Å². The Morgan fingerprint density at radius 2 is 2.00 bits per heavy atom. The Hall–Kier alpha value is -1.35. The van der Waals surface area contributed by atoms with Crippen molar-refractivity contribution in [2.75, 3.05) is 19.4 Å². The van der Waals surface area contributed by atoms with Gasteiger partial charge in [0.05, 0.1) is 0 Å². The van der Waals surface area contributed by atoms with Crippen LogP contribution in [-0.4, -0.2) is 24.9 Å². The van der Waals surface area contributed by atoms with Crippen molar-refractivity contribution in [3.05, 3.63) is 29.8 Å². The molecular weight excluding hydrogens is 236 g/mol. The summed E-state index contributed by atoms with van der Waals surface area (Å²) in [5.41, 5.74) is 2.17. The fraction of sp³-hybridized carbons (Fsp3) is 0.562. The highest BCUT2D eigenvalue weighted by molar-refractivity contribution is 5.92. The number of hydrogen-bond acceptors (Lipinski definition) is 2. The maximum Gasteiger partial charge on any atom is 0.227 e. The summed E-state index contributed by atoms with van der Waals surface area (Å²) in [7, 11) is 4.10. The van der Waals surface area contributed by atoms with Crippen LogP contribution in [0.5, 0.6) is 0 Å². The highest BCUT2D eigenvalue weighted by atomic mass is 16.1. The lowest BCUT2D eigenvalue weighted by Gasteiger charge is -2.14. The lowest BCUT2D eigenvalue weighted by Crippen LogP contribution is -2.21. The van der Waals surface area contributed by atoms with Gasteiger partial charge in [0.1, 0.15) is 0 Å². The van der Waals surface area contributed by atoms with Crippen LogP contribution in [-0.2, 0) is 11.3 Å². The Labute approximate surface area is 115 Å². The van der Waals surface area contributed by atoms with Gasteiger partial charge in [0.25, 0.3) is 0 Å². The second-order valence-electron chi connectivity index (χ2n) is 6.35. The first kappa shape index (κ1) is 12.7. The van der Waals surface area contributed by atoms with E-state index in [1.54, 1.807) is 0 Å². The van der Waals surface area contributed by atoms with Gasteiger partial charge >= 0.3 is 0 Å². The van der Waals surface area contributed by atoms with Crippen molar-refractivity contribution in [1.29, 1.82) is 0 Å². The van der Waals surface area contributed by atoms with Crippen molar-refractivity contribution in [3.63, 3.8) is 0 Å². The van der Waals surface area contributed by atoms with Crippen LogP contribution < -0.4 is 5.32 Å². The zero-order valence-corrected chi connectivity index (χ0v) is 11.7. The molecule has 1 aromatic carbocycles. The quantitative estimate of drug-likeness (QED) is 0.900. The number of hydrogen-bond donors (Lipinski definition) is 1. The summed E-state index contributed by atoms with van der Waals surface area (Å²) >= 11 is 0. The molecule has 0 aliphatic heterocycles. The van der Waals surface area contributed by atoms with Crippen LogP contribution in [0, 0.1) is 17.8 Å². The molecule has 0 radical (unpaired) electrons. The summed E-state index contributed by atoms with van der Waals surface area (Å²) in [5.74, 6) is 2.18. The van der Waals surface area contributed by atoms with Gasteiger partial charge in [-0.05, 0) is 62.9 Å². The van der Waals surface area contributed by atoms with Crippen LogP contribution in [0.15, 0.2) is 24.3 Å². The van der Waals surface area contributed by atoms with Gasteiger partial charge in [-0.3, -0.25) is 4.79 Å². The Morgan fingerprint density at radius 3 is 2.68 bits per heavy atom. The summed E-state index contributed by atoms with van der Waals surface area (Å²) in [6.45, 7) is 0.900. The normalized spacial score (nSPS) is 28.3. The minimum Gasteiger partial charge on any atom is -0.326 e. The second kappa shape index (κ2) is 4.97. The highest BCUT2D eigenvalue weighted by Gasteiger charge is 2.47. The fourth-order valence-corrected chi connectivity index (χ4v) is 3.29. The first-order valence-electron chi connectivity index (χ1n) is 7.16. The zero-order valence-electron chi connectivity index (χ0n) is 11.7. The molecule has 0 bridgehead atoms. The van der Waals surface area contributed by atoms with Gasteiger partial charge in [-0.1, -0.05) is 12.1 Å². The maximum absolute atomic E-state index is 12.2. The summed E-state index contributed by atoms with van der Waals surface area (Å²) < 4.78 is 0. The molecule has 0 spiro atoms. The average Bonchev–Trinajstić information content (AvgIpc) is 2.95. The predicted octanol–water partition coefficient (Wildman–Crippen LogP) is 2.73. The predicted molar refractivity (Wildman–Crippen MR) is 76.8 cm³/mol. The number of carbonyl (C=O) groups excluding carboxylic acids is 1. The summed E-state index contributed by atoms with van der Waals surface area (Å²) in [6, 6.07) is 8.17. The molecule has 2 fully saturated rings. The molecule has 3 nitrogen and oxygen atoms in total. The Kier molecular flexibility index (Phi) is 3.31. The van der Waals surface area contributed by atoms with Crippen molar-refractivity contribution in [2.24, 2.45) is 17.8 Å². The monoisotopic (exact) mass is 258 g/mol. The molecule has 2 unspecified atom stereocenters. The van der Waals surface area contributed by atoms with Crippen molar-refractivity contribution >= 4 is 11.6 Å². The number of benzene rings is 1. The number of amides is 1. The van der Waals surface area contributed by atoms with Crippen LogP contribution in [0.3, 0.4) is 0 Å². The van der Waals surface area contributed by atoms with Gasteiger partial charge in [0.2, 0.25) is 5.91 Å². The third kappa shape index (κ3) is 2.98. The van der Waals surface area contributed by atoms with Crippen molar-refractivity contribution in [3.8, 4) is 0 Å². The van der Waals surface area contributed by atoms with Crippen molar-refractivity contribution in [2.45, 2.75) is 25.8 Å². The minimum atomic E-state index is 0.217. The fourth-order valence-electron chi connectivity index (χ4n) is 3.29. The minimum absolute atomic E-state index is 0.217. The SMILES string of the molecule is CN(C)Cc1cccc(NC(=O)C2CC3CC3C2)c1. The van der Waals surface area contributed by atoms with Gasteiger partial charge in [-0.15, -0.1) is 0 Å². The molecule has 3 rings (SSSR count). The van der Waals surface area contributed by atoms with Crippen LogP contribution in [0.25, 0.3) is 0 Å². The summed E-state index contributed by atoms with van der Waals surface area (Å²) in [5, 5.41) is 3.08. The molecule has 2 aliphatic carbocycles. The molecule has 3 heteroatoms. The lowest BCUT2D eigenvalue weighted by atomic mass is 10.0. The van der Waals surface area contributed by atoms with Crippen molar-refractivity contribution < 1.29 is 4.79 Å². The van der Waals surface area contributed by atoms with Gasteiger partial charge < -0.3 is 10.2 Å². The van der Waals surface area contributed by atoms with Gasteiger partial charge in [-0.2, -0.15) is 0 Å². The van der Waals surface area contributed by atoms with Crippen LogP contribution in [0.2, 0.25) is 0 Å². The number of fused-ring (bicyclic) bond motifs is 1. The number of carbonyl (C=O) groups is 1. The second-order valence-corrected chi connectivity index (χ2v) is 6.35. The third-order valence-electron chi connectivity index (χ3n) is 4.31. The standard InChI is InChI=1S/C16H22N2O/c1-18(2)10-11-4-3-5-15(6-11)17-16(19)14-8-12-7-13(12)9-14/h3-6,12-14H,7-10H2,1-2H3,(H,17,19). The van der Waals surface area contributed by atoms with Crippen LogP contribution in [0.1, 0.15) is 24.8 Å². The van der Waals surface area contributed by atoms with Crippen LogP contribution in [0.4, 0.5) is 5.69 Å². The van der Waals surface area contributed by atoms with E-state index in [1.807, 2.05) is 12.1 Å². The van der Waals surface area contributed by atoms with E-state index in [4.69, 9.17) is 0 Å². The molecule has 102 valence electrons. The Balaban J connectivity index is 1.60. The van der Waals surface area contributed by atoms with E-state index in [2.05, 4.69) is 36.4 Å². The Bertz CT molecular complexity index is 473. The summed E-state index contributed by atoms with van der Waals surface area (Å²) in [4.78, 5) is 14.3. The largest absolute Gasteiger partial charge is 0.326 e. The van der Waals surface area contributed by atoms with Crippen LogP contribution >= 0.6 is 0 Å². The molecule has 2 aliphatic rings. The van der Waals surface area contributed by atoms with Gasteiger partial charge in [0.15, 0.2) is 0 Å². The lowest BCUT2D eigenvalue weighted by molar-refractivity contribution is -0.120. The zero-order chi connectivity index (χ0) is 13.4. The first-order chi connectivity index (χ1) is 9.11. The number of nitrogens with one attached hydrogen (secondary N) is 1. The number of anilines is 1. The van der Waals surface area contributed by atoms with E-state index in [0.29, 0.717) is 0 Å². The molecule has 1 aromatic rings. The topological polar surface area (TPSA) is 32.3 Å². The molecule has 1 N–H and O–H groups in total.